The smallest absolute Gasteiger partial charge is 0.274 e. The first-order valence-electron chi connectivity index (χ1n) is 6.71. The maximum absolute atomic E-state index is 11.8. The minimum atomic E-state index is -0.272. The van der Waals surface area contributed by atoms with Crippen molar-refractivity contribution in [3.63, 3.8) is 0 Å². The Morgan fingerprint density at radius 1 is 1.43 bits per heavy atom. The predicted octanol–water partition coefficient (Wildman–Crippen LogP) is 2.99. The van der Waals surface area contributed by atoms with Gasteiger partial charge in [-0.05, 0) is 31.0 Å². The highest BCUT2D eigenvalue weighted by molar-refractivity contribution is 6.30. The zero-order chi connectivity index (χ0) is 14.7. The van der Waals surface area contributed by atoms with Gasteiger partial charge in [-0.1, -0.05) is 34.7 Å². The zero-order valence-corrected chi connectivity index (χ0v) is 12.0. The van der Waals surface area contributed by atoms with E-state index in [1.54, 1.807) is 18.2 Å². The van der Waals surface area contributed by atoms with Gasteiger partial charge in [-0.25, -0.2) is 0 Å². The highest BCUT2D eigenvalue weighted by Gasteiger charge is 2.28. The van der Waals surface area contributed by atoms with Gasteiger partial charge in [0.1, 0.15) is 5.76 Å². The number of hydrogen-bond acceptors (Lipinski definition) is 3. The lowest BCUT2D eigenvalue weighted by atomic mass is 10.2. The number of hydrogen-bond donors (Lipinski definition) is 1. The Bertz CT molecular complexity index is 723. The fraction of sp³-hybridized carbons (Fsp3) is 0.250. The molecule has 3 rings (SSSR count). The standard InChI is InChI=1S/C16H13ClN2O2/c17-13-5-1-3-11(9-13)4-2-8-18-16(20)14-10-15(21-19-14)12-6-7-12/h1,3,5,9-10,12H,6-8H2,(H,18,20). The van der Waals surface area contributed by atoms with Gasteiger partial charge in [0, 0.05) is 22.6 Å². The summed E-state index contributed by atoms with van der Waals surface area (Å²) in [5.74, 6) is 6.78. The van der Waals surface area contributed by atoms with Crippen LogP contribution >= 0.6 is 11.6 Å². The minimum absolute atomic E-state index is 0.247. The number of aromatic nitrogens is 1. The molecule has 0 radical (unpaired) electrons. The fourth-order valence-corrected chi connectivity index (χ4v) is 2.07. The molecule has 0 spiro atoms. The Morgan fingerprint density at radius 2 is 2.29 bits per heavy atom. The van der Waals surface area contributed by atoms with Crippen LogP contribution in [0.2, 0.25) is 5.02 Å². The quantitative estimate of drug-likeness (QED) is 0.887. The van der Waals surface area contributed by atoms with Crippen LogP contribution in [0.5, 0.6) is 0 Å². The number of rotatable bonds is 3. The third-order valence-corrected chi connectivity index (χ3v) is 3.37. The van der Waals surface area contributed by atoms with E-state index in [2.05, 4.69) is 22.3 Å². The fourth-order valence-electron chi connectivity index (χ4n) is 1.88. The summed E-state index contributed by atoms with van der Waals surface area (Å²) in [7, 11) is 0. The molecule has 21 heavy (non-hydrogen) atoms. The summed E-state index contributed by atoms with van der Waals surface area (Å²) in [6.07, 6.45) is 2.22. The van der Waals surface area contributed by atoms with Gasteiger partial charge in [0.15, 0.2) is 5.69 Å². The van der Waals surface area contributed by atoms with Crippen LogP contribution in [0, 0.1) is 11.8 Å². The second-order valence-electron chi connectivity index (χ2n) is 4.88. The van der Waals surface area contributed by atoms with E-state index < -0.39 is 0 Å². The molecule has 2 aromatic rings. The zero-order valence-electron chi connectivity index (χ0n) is 11.2. The maximum Gasteiger partial charge on any atom is 0.274 e. The molecule has 0 unspecified atom stereocenters. The van der Waals surface area contributed by atoms with Gasteiger partial charge in [-0.2, -0.15) is 0 Å². The van der Waals surface area contributed by atoms with Crippen LogP contribution in [0.1, 0.15) is 40.6 Å². The molecule has 1 aliphatic carbocycles. The molecule has 5 heteroatoms. The molecule has 0 aliphatic heterocycles. The Morgan fingerprint density at radius 3 is 3.05 bits per heavy atom. The Kier molecular flexibility index (Phi) is 3.94. The molecule has 1 aliphatic rings. The minimum Gasteiger partial charge on any atom is -0.360 e. The number of benzene rings is 1. The van der Waals surface area contributed by atoms with Crippen molar-refractivity contribution in [2.75, 3.05) is 6.54 Å². The van der Waals surface area contributed by atoms with Crippen molar-refractivity contribution >= 4 is 17.5 Å². The summed E-state index contributed by atoms with van der Waals surface area (Å²) in [6, 6.07) is 8.96. The van der Waals surface area contributed by atoms with Crippen LogP contribution in [0.25, 0.3) is 0 Å². The Labute approximate surface area is 127 Å². The molecule has 1 aromatic heterocycles. The monoisotopic (exact) mass is 300 g/mol. The molecule has 1 heterocycles. The van der Waals surface area contributed by atoms with E-state index in [1.165, 1.54) is 0 Å². The normalized spacial score (nSPS) is 13.4. The Balaban J connectivity index is 1.54. The molecule has 1 saturated carbocycles. The SMILES string of the molecule is O=C(NCC#Cc1cccc(Cl)c1)c1cc(C2CC2)on1. The molecule has 1 amide bonds. The van der Waals surface area contributed by atoms with E-state index >= 15 is 0 Å². The molecule has 0 saturated heterocycles. The average molecular weight is 301 g/mol. The molecule has 1 fully saturated rings. The summed E-state index contributed by atoms with van der Waals surface area (Å²) in [6.45, 7) is 0.247. The second-order valence-corrected chi connectivity index (χ2v) is 5.32. The molecule has 0 bridgehead atoms. The van der Waals surface area contributed by atoms with Crippen molar-refractivity contribution in [2.24, 2.45) is 0 Å². The third-order valence-electron chi connectivity index (χ3n) is 3.14. The number of halogens is 1. The molecular weight excluding hydrogens is 288 g/mol. The first-order valence-corrected chi connectivity index (χ1v) is 7.09. The van der Waals surface area contributed by atoms with Gasteiger partial charge in [0.2, 0.25) is 0 Å². The first kappa shape index (κ1) is 13.7. The number of carbonyl (C=O) groups is 1. The lowest BCUT2D eigenvalue weighted by Crippen LogP contribution is -2.23. The van der Waals surface area contributed by atoms with E-state index in [1.807, 2.05) is 12.1 Å². The van der Waals surface area contributed by atoms with Gasteiger partial charge in [-0.15, -0.1) is 0 Å². The highest BCUT2D eigenvalue weighted by Crippen LogP contribution is 2.40. The van der Waals surface area contributed by atoms with Gasteiger partial charge in [-0.3, -0.25) is 4.79 Å². The van der Waals surface area contributed by atoms with E-state index in [4.69, 9.17) is 16.1 Å². The van der Waals surface area contributed by atoms with Crippen molar-refractivity contribution in [3.8, 4) is 11.8 Å². The van der Waals surface area contributed by atoms with Crippen molar-refractivity contribution < 1.29 is 9.32 Å². The predicted molar refractivity (Wildman–Crippen MR) is 79.1 cm³/mol. The van der Waals surface area contributed by atoms with Gasteiger partial charge in [0.05, 0.1) is 6.54 Å². The van der Waals surface area contributed by atoms with E-state index in [-0.39, 0.29) is 12.5 Å². The van der Waals surface area contributed by atoms with E-state index in [9.17, 15) is 4.79 Å². The molecule has 1 aromatic carbocycles. The number of amides is 1. The number of nitrogens with zero attached hydrogens (tertiary/aromatic N) is 1. The summed E-state index contributed by atoms with van der Waals surface area (Å²) in [4.78, 5) is 11.8. The Hall–Kier alpha value is -2.25. The van der Waals surface area contributed by atoms with E-state index in [0.29, 0.717) is 16.6 Å². The molecular formula is C16H13ClN2O2. The van der Waals surface area contributed by atoms with Gasteiger partial charge in [0.25, 0.3) is 5.91 Å². The summed E-state index contributed by atoms with van der Waals surface area (Å²) in [5.41, 5.74) is 1.12. The van der Waals surface area contributed by atoms with Crippen LogP contribution in [0.4, 0.5) is 0 Å². The molecule has 1 N–H and O–H groups in total. The van der Waals surface area contributed by atoms with Crippen LogP contribution in [0.15, 0.2) is 34.9 Å². The van der Waals surface area contributed by atoms with Crippen LogP contribution in [-0.4, -0.2) is 17.6 Å². The topological polar surface area (TPSA) is 55.1 Å². The van der Waals surface area contributed by atoms with Crippen molar-refractivity contribution in [1.29, 1.82) is 0 Å². The molecule has 0 atom stereocenters. The summed E-state index contributed by atoms with van der Waals surface area (Å²) in [5, 5.41) is 7.10. The van der Waals surface area contributed by atoms with Gasteiger partial charge < -0.3 is 9.84 Å². The summed E-state index contributed by atoms with van der Waals surface area (Å²) < 4.78 is 5.14. The van der Waals surface area contributed by atoms with Crippen molar-refractivity contribution in [1.82, 2.24) is 10.5 Å². The van der Waals surface area contributed by atoms with Gasteiger partial charge >= 0.3 is 0 Å². The first-order chi connectivity index (χ1) is 10.2. The van der Waals surface area contributed by atoms with Crippen LogP contribution < -0.4 is 5.32 Å². The van der Waals surface area contributed by atoms with Crippen LogP contribution in [0.3, 0.4) is 0 Å². The maximum atomic E-state index is 11.8. The lowest BCUT2D eigenvalue weighted by Gasteiger charge is -1.95. The third kappa shape index (κ3) is 3.65. The second kappa shape index (κ2) is 6.02. The molecule has 4 nitrogen and oxygen atoms in total. The molecule has 106 valence electrons. The summed E-state index contributed by atoms with van der Waals surface area (Å²) >= 11 is 5.86. The van der Waals surface area contributed by atoms with Crippen molar-refractivity contribution in [2.45, 2.75) is 18.8 Å². The lowest BCUT2D eigenvalue weighted by molar-refractivity contribution is 0.0949. The van der Waals surface area contributed by atoms with E-state index in [0.717, 1.165) is 24.2 Å². The highest BCUT2D eigenvalue weighted by atomic mass is 35.5. The average Bonchev–Trinajstić information content (AvgIpc) is 3.21. The largest absolute Gasteiger partial charge is 0.360 e. The van der Waals surface area contributed by atoms with Crippen molar-refractivity contribution in [3.05, 3.63) is 52.4 Å². The number of carbonyl (C=O) groups excluding carboxylic acids is 1. The number of nitrogens with one attached hydrogen (secondary N) is 1. The van der Waals surface area contributed by atoms with Crippen LogP contribution in [-0.2, 0) is 0 Å².